The molecule has 0 radical (unpaired) electrons. The Morgan fingerprint density at radius 1 is 1.53 bits per heavy atom. The fourth-order valence-electron chi connectivity index (χ4n) is 1.32. The quantitative estimate of drug-likeness (QED) is 0.546. The summed E-state index contributed by atoms with van der Waals surface area (Å²) >= 11 is 0. The van der Waals surface area contributed by atoms with Crippen molar-refractivity contribution in [3.8, 4) is 12.3 Å². The molecule has 2 aromatic heterocycles. The molecule has 0 saturated carbocycles. The molecular formula is C9H7N5O. The number of hydrogen-bond acceptors (Lipinski definition) is 4. The number of H-pyrrole nitrogens is 1. The van der Waals surface area contributed by atoms with Crippen LogP contribution >= 0.6 is 0 Å². The first-order chi connectivity index (χ1) is 7.13. The summed E-state index contributed by atoms with van der Waals surface area (Å²) < 4.78 is 0. The third kappa shape index (κ3) is 1.26. The Kier molecular flexibility index (Phi) is 1.80. The summed E-state index contributed by atoms with van der Waals surface area (Å²) in [5.74, 6) is 1.97. The molecule has 0 bridgehead atoms. The number of nitrogens with one attached hydrogen (secondary N) is 1. The van der Waals surface area contributed by atoms with E-state index in [1.165, 1.54) is 6.20 Å². The number of rotatable bonds is 1. The van der Waals surface area contributed by atoms with E-state index in [1.807, 2.05) is 0 Å². The number of nitrogens with zero attached hydrogens (tertiary/aromatic N) is 2. The van der Waals surface area contributed by atoms with E-state index >= 15 is 0 Å². The smallest absolute Gasteiger partial charge is 0.251 e. The Labute approximate surface area is 84.7 Å². The van der Waals surface area contributed by atoms with E-state index in [4.69, 9.17) is 17.9 Å². The van der Waals surface area contributed by atoms with Crippen molar-refractivity contribution in [3.63, 3.8) is 0 Å². The predicted octanol–water partition coefficient (Wildman–Crippen LogP) is -0.380. The number of anilines is 1. The highest BCUT2D eigenvalue weighted by molar-refractivity contribution is 6.08. The molecule has 2 rings (SSSR count). The number of nitrogen functional groups attached to an aromatic ring is 1. The average Bonchev–Trinajstić information content (AvgIpc) is 2.61. The van der Waals surface area contributed by atoms with Crippen LogP contribution in [0.15, 0.2) is 6.20 Å². The van der Waals surface area contributed by atoms with Crippen LogP contribution < -0.4 is 11.5 Å². The molecule has 2 heterocycles. The first-order valence-electron chi connectivity index (χ1n) is 4.04. The summed E-state index contributed by atoms with van der Waals surface area (Å²) in [6, 6.07) is 0. The van der Waals surface area contributed by atoms with Gasteiger partial charge in [0.1, 0.15) is 11.5 Å². The van der Waals surface area contributed by atoms with Crippen LogP contribution in [0, 0.1) is 12.3 Å². The van der Waals surface area contributed by atoms with Crippen molar-refractivity contribution in [1.82, 2.24) is 15.0 Å². The Hall–Kier alpha value is -2.55. The molecular weight excluding hydrogens is 194 g/mol. The zero-order chi connectivity index (χ0) is 11.0. The Balaban J connectivity index is 2.84. The van der Waals surface area contributed by atoms with Gasteiger partial charge in [-0.1, -0.05) is 0 Å². The largest absolute Gasteiger partial charge is 0.383 e. The summed E-state index contributed by atoms with van der Waals surface area (Å²) in [5.41, 5.74) is 11.5. The molecule has 0 saturated heterocycles. The summed E-state index contributed by atoms with van der Waals surface area (Å²) in [5, 5.41) is 0.404. The van der Waals surface area contributed by atoms with Gasteiger partial charge in [0.2, 0.25) is 5.82 Å². The molecule has 0 aliphatic heterocycles. The van der Waals surface area contributed by atoms with Gasteiger partial charge in [-0.05, 0) is 5.92 Å². The van der Waals surface area contributed by atoms with Gasteiger partial charge in [0.25, 0.3) is 5.91 Å². The molecule has 5 N–H and O–H groups in total. The van der Waals surface area contributed by atoms with Crippen LogP contribution in [0.1, 0.15) is 16.2 Å². The fourth-order valence-corrected chi connectivity index (χ4v) is 1.32. The maximum atomic E-state index is 11.0. The van der Waals surface area contributed by atoms with Crippen LogP contribution in [0.2, 0.25) is 0 Å². The standard InChI is InChI=1S/C9H7N5O/c1-2-5-13-7(10)6-4(8(11)15)3-12-9(6)14-5/h1,3H,(H2,11,15)(H3,10,12,13,14). The van der Waals surface area contributed by atoms with Gasteiger partial charge in [0.15, 0.2) is 0 Å². The lowest BCUT2D eigenvalue weighted by Crippen LogP contribution is -2.11. The number of aromatic nitrogens is 3. The van der Waals surface area contributed by atoms with E-state index in [9.17, 15) is 4.79 Å². The van der Waals surface area contributed by atoms with Gasteiger partial charge in [0, 0.05) is 6.20 Å². The van der Waals surface area contributed by atoms with Gasteiger partial charge in [-0.15, -0.1) is 6.42 Å². The van der Waals surface area contributed by atoms with E-state index in [0.29, 0.717) is 11.0 Å². The first-order valence-corrected chi connectivity index (χ1v) is 4.04. The van der Waals surface area contributed by atoms with Gasteiger partial charge < -0.3 is 16.5 Å². The van der Waals surface area contributed by atoms with Gasteiger partial charge in [-0.3, -0.25) is 4.79 Å². The summed E-state index contributed by atoms with van der Waals surface area (Å²) in [6.45, 7) is 0. The Morgan fingerprint density at radius 2 is 2.27 bits per heavy atom. The molecule has 0 fully saturated rings. The molecule has 15 heavy (non-hydrogen) atoms. The number of aromatic amines is 1. The van der Waals surface area contributed by atoms with Crippen molar-refractivity contribution in [3.05, 3.63) is 17.6 Å². The highest BCUT2D eigenvalue weighted by Crippen LogP contribution is 2.21. The van der Waals surface area contributed by atoms with E-state index in [2.05, 4.69) is 20.9 Å². The van der Waals surface area contributed by atoms with Crippen LogP contribution in [0.4, 0.5) is 5.82 Å². The zero-order valence-corrected chi connectivity index (χ0v) is 7.61. The Bertz CT molecular complexity index is 592. The molecule has 74 valence electrons. The molecule has 6 heteroatoms. The number of hydrogen-bond donors (Lipinski definition) is 3. The van der Waals surface area contributed by atoms with Crippen LogP contribution in [-0.4, -0.2) is 20.9 Å². The van der Waals surface area contributed by atoms with Crippen LogP contribution in [0.25, 0.3) is 11.0 Å². The van der Waals surface area contributed by atoms with Crippen molar-refractivity contribution in [1.29, 1.82) is 0 Å². The van der Waals surface area contributed by atoms with Gasteiger partial charge in [-0.25, -0.2) is 9.97 Å². The molecule has 2 aromatic rings. The number of terminal acetylenes is 1. The second kappa shape index (κ2) is 2.99. The number of carbonyl (C=O) groups excluding carboxylic acids is 1. The van der Waals surface area contributed by atoms with E-state index in [0.717, 1.165) is 0 Å². The number of primary amides is 1. The van der Waals surface area contributed by atoms with E-state index in [1.54, 1.807) is 0 Å². The normalized spacial score (nSPS) is 10.1. The lowest BCUT2D eigenvalue weighted by atomic mass is 10.2. The van der Waals surface area contributed by atoms with Crippen molar-refractivity contribution in [2.75, 3.05) is 5.73 Å². The minimum Gasteiger partial charge on any atom is -0.383 e. The molecule has 0 aliphatic carbocycles. The average molecular weight is 201 g/mol. The maximum absolute atomic E-state index is 11.0. The van der Waals surface area contributed by atoms with E-state index < -0.39 is 5.91 Å². The van der Waals surface area contributed by atoms with Gasteiger partial charge >= 0.3 is 0 Å². The van der Waals surface area contributed by atoms with E-state index in [-0.39, 0.29) is 17.2 Å². The molecule has 0 aromatic carbocycles. The molecule has 0 atom stereocenters. The molecule has 0 aliphatic rings. The fraction of sp³-hybridized carbons (Fsp3) is 0. The SMILES string of the molecule is C#Cc1nc(N)c2c(C(N)=O)c[nH]c2n1. The van der Waals surface area contributed by atoms with Gasteiger partial charge in [-0.2, -0.15) is 0 Å². The molecule has 6 nitrogen and oxygen atoms in total. The highest BCUT2D eigenvalue weighted by atomic mass is 16.1. The van der Waals surface area contributed by atoms with Crippen LogP contribution in [0.5, 0.6) is 0 Å². The minimum absolute atomic E-state index is 0.142. The topological polar surface area (TPSA) is 111 Å². The summed E-state index contributed by atoms with van der Waals surface area (Å²) in [7, 11) is 0. The van der Waals surface area contributed by atoms with Crippen molar-refractivity contribution in [2.45, 2.75) is 0 Å². The predicted molar refractivity (Wildman–Crippen MR) is 54.8 cm³/mol. The zero-order valence-electron chi connectivity index (χ0n) is 7.61. The third-order valence-corrected chi connectivity index (χ3v) is 1.95. The number of amides is 1. The highest BCUT2D eigenvalue weighted by Gasteiger charge is 2.14. The number of nitrogens with two attached hydrogens (primary N) is 2. The van der Waals surface area contributed by atoms with Crippen molar-refractivity contribution >= 4 is 22.8 Å². The van der Waals surface area contributed by atoms with Gasteiger partial charge in [0.05, 0.1) is 10.9 Å². The molecule has 0 unspecified atom stereocenters. The third-order valence-electron chi connectivity index (χ3n) is 1.95. The summed E-state index contributed by atoms with van der Waals surface area (Å²) in [4.78, 5) is 21.6. The molecule has 0 spiro atoms. The van der Waals surface area contributed by atoms with Crippen molar-refractivity contribution < 1.29 is 4.79 Å². The first kappa shape index (κ1) is 9.02. The lowest BCUT2D eigenvalue weighted by Gasteiger charge is -1.98. The van der Waals surface area contributed by atoms with Crippen molar-refractivity contribution in [2.24, 2.45) is 5.73 Å². The number of carbonyl (C=O) groups is 1. The second-order valence-electron chi connectivity index (χ2n) is 2.87. The number of fused-ring (bicyclic) bond motifs is 1. The van der Waals surface area contributed by atoms with Crippen LogP contribution in [-0.2, 0) is 0 Å². The van der Waals surface area contributed by atoms with Crippen LogP contribution in [0.3, 0.4) is 0 Å². The Morgan fingerprint density at radius 3 is 2.87 bits per heavy atom. The minimum atomic E-state index is -0.593. The second-order valence-corrected chi connectivity index (χ2v) is 2.87. The maximum Gasteiger partial charge on any atom is 0.251 e. The lowest BCUT2D eigenvalue weighted by molar-refractivity contribution is 0.100. The molecule has 1 amide bonds. The summed E-state index contributed by atoms with van der Waals surface area (Å²) in [6.07, 6.45) is 6.57. The monoisotopic (exact) mass is 201 g/mol.